The fourth-order valence-corrected chi connectivity index (χ4v) is 3.25. The molecule has 2 N–H and O–H groups in total. The molecule has 7 heteroatoms. The number of aromatic nitrogens is 2. The summed E-state index contributed by atoms with van der Waals surface area (Å²) in [6, 6.07) is 5.41. The van der Waals surface area contributed by atoms with Crippen LogP contribution in [0.15, 0.2) is 30.6 Å². The van der Waals surface area contributed by atoms with Gasteiger partial charge in [0.2, 0.25) is 0 Å². The molecular formula is C21H29N5O2. The van der Waals surface area contributed by atoms with Crippen molar-refractivity contribution in [3.63, 3.8) is 0 Å². The number of urea groups is 1. The lowest BCUT2D eigenvalue weighted by Crippen LogP contribution is -2.31. The molecule has 2 aromatic rings. The standard InChI is InChI=1S/C21H29N5O2/c1-16-7-8-19(28-12-6-11-26-9-4-3-5-10-26)18(13-16)24-21(27)25-20-15-22-17(2)14-23-20/h7-8,13-15H,3-6,9-12H2,1-2H3,(H2,23,24,25,27). The highest BCUT2D eigenvalue weighted by atomic mass is 16.5. The molecule has 28 heavy (non-hydrogen) atoms. The molecule has 1 aliphatic heterocycles. The van der Waals surface area contributed by atoms with E-state index in [2.05, 4.69) is 25.5 Å². The number of ether oxygens (including phenoxy) is 1. The molecule has 1 aromatic carbocycles. The zero-order chi connectivity index (χ0) is 19.8. The van der Waals surface area contributed by atoms with Crippen molar-refractivity contribution in [1.29, 1.82) is 0 Å². The lowest BCUT2D eigenvalue weighted by atomic mass is 10.1. The van der Waals surface area contributed by atoms with E-state index in [-0.39, 0.29) is 6.03 Å². The third kappa shape index (κ3) is 6.20. The van der Waals surface area contributed by atoms with Crippen molar-refractivity contribution in [1.82, 2.24) is 14.9 Å². The monoisotopic (exact) mass is 383 g/mol. The highest BCUT2D eigenvalue weighted by molar-refractivity contribution is 6.00. The van der Waals surface area contributed by atoms with Gasteiger partial charge in [0, 0.05) is 6.54 Å². The maximum Gasteiger partial charge on any atom is 0.324 e. The number of aryl methyl sites for hydroxylation is 2. The smallest absolute Gasteiger partial charge is 0.324 e. The van der Waals surface area contributed by atoms with E-state index in [4.69, 9.17) is 4.74 Å². The second-order valence-electron chi connectivity index (χ2n) is 7.23. The van der Waals surface area contributed by atoms with Gasteiger partial charge in [0.1, 0.15) is 5.75 Å². The molecule has 0 aliphatic carbocycles. The second-order valence-corrected chi connectivity index (χ2v) is 7.23. The van der Waals surface area contributed by atoms with E-state index in [1.54, 1.807) is 6.20 Å². The molecule has 3 rings (SSSR count). The molecule has 0 spiro atoms. The zero-order valence-electron chi connectivity index (χ0n) is 16.7. The van der Waals surface area contributed by atoms with Crippen LogP contribution in [-0.2, 0) is 0 Å². The Bertz CT molecular complexity index is 773. The quantitative estimate of drug-likeness (QED) is 0.707. The van der Waals surface area contributed by atoms with Crippen LogP contribution in [0.3, 0.4) is 0 Å². The molecule has 2 amide bonds. The fourth-order valence-electron chi connectivity index (χ4n) is 3.25. The molecule has 0 unspecified atom stereocenters. The molecule has 0 radical (unpaired) electrons. The minimum Gasteiger partial charge on any atom is -0.491 e. The lowest BCUT2D eigenvalue weighted by Gasteiger charge is -2.26. The van der Waals surface area contributed by atoms with Gasteiger partial charge in [-0.15, -0.1) is 0 Å². The number of nitrogens with one attached hydrogen (secondary N) is 2. The summed E-state index contributed by atoms with van der Waals surface area (Å²) in [4.78, 5) is 23.1. The Morgan fingerprint density at radius 2 is 1.93 bits per heavy atom. The van der Waals surface area contributed by atoms with Crippen molar-refractivity contribution in [2.24, 2.45) is 0 Å². The predicted molar refractivity (Wildman–Crippen MR) is 111 cm³/mol. The Kier molecular flexibility index (Phi) is 7.19. The number of benzene rings is 1. The zero-order valence-corrected chi connectivity index (χ0v) is 16.7. The van der Waals surface area contributed by atoms with Crippen LogP contribution in [0.25, 0.3) is 0 Å². The van der Waals surface area contributed by atoms with Crippen LogP contribution < -0.4 is 15.4 Å². The summed E-state index contributed by atoms with van der Waals surface area (Å²) in [5, 5.41) is 5.54. The number of carbonyl (C=O) groups is 1. The number of anilines is 2. The SMILES string of the molecule is Cc1ccc(OCCCN2CCCCC2)c(NC(=O)Nc2cnc(C)cn2)c1. The molecule has 2 heterocycles. The van der Waals surface area contributed by atoms with Crippen LogP contribution in [0.1, 0.15) is 36.9 Å². The van der Waals surface area contributed by atoms with Crippen molar-refractivity contribution >= 4 is 17.5 Å². The van der Waals surface area contributed by atoms with Crippen molar-refractivity contribution < 1.29 is 9.53 Å². The first-order chi connectivity index (χ1) is 13.6. The fraction of sp³-hybridized carbons (Fsp3) is 0.476. The number of piperidine rings is 1. The normalized spacial score (nSPS) is 14.5. The molecule has 150 valence electrons. The van der Waals surface area contributed by atoms with Gasteiger partial charge in [-0.05, 0) is 63.9 Å². The van der Waals surface area contributed by atoms with Crippen LogP contribution in [0, 0.1) is 13.8 Å². The summed E-state index contributed by atoms with van der Waals surface area (Å²) in [7, 11) is 0. The maximum atomic E-state index is 12.3. The summed E-state index contributed by atoms with van der Waals surface area (Å²) in [5.41, 5.74) is 2.49. The predicted octanol–water partition coefficient (Wildman–Crippen LogP) is 3.99. The van der Waals surface area contributed by atoms with E-state index < -0.39 is 0 Å². The highest BCUT2D eigenvalue weighted by Gasteiger charge is 2.11. The van der Waals surface area contributed by atoms with Crippen molar-refractivity contribution in [3.8, 4) is 5.75 Å². The van der Waals surface area contributed by atoms with Crippen LogP contribution >= 0.6 is 0 Å². The highest BCUT2D eigenvalue weighted by Crippen LogP contribution is 2.26. The number of rotatable bonds is 7. The molecule has 1 aromatic heterocycles. The van der Waals surface area contributed by atoms with E-state index in [1.165, 1.54) is 38.5 Å². The largest absolute Gasteiger partial charge is 0.491 e. The first kappa shape index (κ1) is 20.1. The van der Waals surface area contributed by atoms with E-state index in [9.17, 15) is 4.79 Å². The number of hydrogen-bond acceptors (Lipinski definition) is 5. The van der Waals surface area contributed by atoms with E-state index in [0.29, 0.717) is 23.9 Å². The first-order valence-corrected chi connectivity index (χ1v) is 9.92. The number of likely N-dealkylation sites (tertiary alicyclic amines) is 1. The Morgan fingerprint density at radius 3 is 2.68 bits per heavy atom. The second kappa shape index (κ2) is 10.0. The van der Waals surface area contributed by atoms with Crippen molar-refractivity contribution in [2.75, 3.05) is 36.9 Å². The van der Waals surface area contributed by atoms with Crippen LogP contribution in [0.4, 0.5) is 16.3 Å². The summed E-state index contributed by atoms with van der Waals surface area (Å²) < 4.78 is 5.95. The molecule has 0 bridgehead atoms. The van der Waals surface area contributed by atoms with Gasteiger partial charge in [-0.3, -0.25) is 10.3 Å². The van der Waals surface area contributed by atoms with Gasteiger partial charge in [-0.2, -0.15) is 0 Å². The van der Waals surface area contributed by atoms with E-state index in [1.807, 2.05) is 32.0 Å². The minimum absolute atomic E-state index is 0.373. The van der Waals surface area contributed by atoms with Crippen LogP contribution in [0.5, 0.6) is 5.75 Å². The molecule has 7 nitrogen and oxygen atoms in total. The van der Waals surface area contributed by atoms with Gasteiger partial charge < -0.3 is 15.0 Å². The maximum absolute atomic E-state index is 12.3. The Balaban J connectivity index is 1.52. The van der Waals surface area contributed by atoms with Crippen molar-refractivity contribution in [2.45, 2.75) is 39.5 Å². The van der Waals surface area contributed by atoms with E-state index >= 15 is 0 Å². The third-order valence-electron chi connectivity index (χ3n) is 4.73. The Hall–Kier alpha value is -2.67. The van der Waals surface area contributed by atoms with Gasteiger partial charge in [0.15, 0.2) is 5.82 Å². The molecule has 0 atom stereocenters. The summed E-state index contributed by atoms with van der Waals surface area (Å²) >= 11 is 0. The van der Waals surface area contributed by atoms with Gasteiger partial charge >= 0.3 is 6.03 Å². The Morgan fingerprint density at radius 1 is 1.11 bits per heavy atom. The van der Waals surface area contributed by atoms with Crippen LogP contribution in [-0.4, -0.2) is 47.1 Å². The lowest BCUT2D eigenvalue weighted by molar-refractivity contribution is 0.205. The van der Waals surface area contributed by atoms with Gasteiger partial charge in [-0.1, -0.05) is 12.5 Å². The number of hydrogen-bond donors (Lipinski definition) is 2. The average molecular weight is 383 g/mol. The Labute approximate surface area is 166 Å². The summed E-state index contributed by atoms with van der Waals surface area (Å²) in [6.07, 6.45) is 8.06. The molecule has 0 saturated carbocycles. The number of nitrogens with zero attached hydrogens (tertiary/aromatic N) is 3. The average Bonchev–Trinajstić information content (AvgIpc) is 2.69. The summed E-state index contributed by atoms with van der Waals surface area (Å²) in [6.45, 7) is 7.90. The number of carbonyl (C=O) groups excluding carboxylic acids is 1. The first-order valence-electron chi connectivity index (χ1n) is 9.92. The molecular weight excluding hydrogens is 354 g/mol. The molecule has 1 fully saturated rings. The minimum atomic E-state index is -0.373. The number of amides is 2. The summed E-state index contributed by atoms with van der Waals surface area (Å²) in [5.74, 6) is 1.08. The van der Waals surface area contributed by atoms with Gasteiger partial charge in [-0.25, -0.2) is 9.78 Å². The molecule has 1 aliphatic rings. The van der Waals surface area contributed by atoms with Gasteiger partial charge in [0.05, 0.1) is 30.4 Å². The van der Waals surface area contributed by atoms with Crippen LogP contribution in [0.2, 0.25) is 0 Å². The topological polar surface area (TPSA) is 79.4 Å². The van der Waals surface area contributed by atoms with Gasteiger partial charge in [0.25, 0.3) is 0 Å². The molecule has 1 saturated heterocycles. The third-order valence-corrected chi connectivity index (χ3v) is 4.73. The van der Waals surface area contributed by atoms with E-state index in [0.717, 1.165) is 24.2 Å². The van der Waals surface area contributed by atoms with Crippen molar-refractivity contribution in [3.05, 3.63) is 41.9 Å².